The number of hydrogen-bond donors (Lipinski definition) is 4. The van der Waals surface area contributed by atoms with Gasteiger partial charge in [-0.1, -0.05) is 6.92 Å². The second kappa shape index (κ2) is 13.3. The quantitative estimate of drug-likeness (QED) is 0.285. The van der Waals surface area contributed by atoms with Crippen LogP contribution in [0.4, 0.5) is 4.39 Å². The molecule has 5 aliphatic heterocycles. The fourth-order valence-electron chi connectivity index (χ4n) is 7.29. The first kappa shape index (κ1) is 31.3. The summed E-state index contributed by atoms with van der Waals surface area (Å²) in [4.78, 5) is 31.0. The maximum Gasteiger partial charge on any atom is 0.234 e. The molecule has 13 heteroatoms. The van der Waals surface area contributed by atoms with Gasteiger partial charge in [-0.3, -0.25) is 14.5 Å². The Kier molecular flexibility index (Phi) is 9.90. The van der Waals surface area contributed by atoms with Gasteiger partial charge in [0.05, 0.1) is 17.5 Å². The topological polar surface area (TPSA) is 140 Å². The molecule has 0 saturated carbocycles. The van der Waals surface area contributed by atoms with E-state index in [0.29, 0.717) is 32.6 Å². The first-order valence-corrected chi connectivity index (χ1v) is 17.7. The molecule has 0 aromatic heterocycles. The van der Waals surface area contributed by atoms with Gasteiger partial charge in [-0.25, -0.2) is 17.4 Å². The number of rotatable bonds is 7. The van der Waals surface area contributed by atoms with E-state index in [9.17, 15) is 22.4 Å². The summed E-state index contributed by atoms with van der Waals surface area (Å²) < 4.78 is 40.0. The summed E-state index contributed by atoms with van der Waals surface area (Å²) in [6.07, 6.45) is 8.63. The predicted molar refractivity (Wildman–Crippen MR) is 159 cm³/mol. The zero-order valence-corrected chi connectivity index (χ0v) is 25.8. The van der Waals surface area contributed by atoms with Gasteiger partial charge in [-0.05, 0) is 58.2 Å². The molecule has 0 bridgehead atoms. The zero-order chi connectivity index (χ0) is 30.0. The Labute approximate surface area is 249 Å². The Hall–Kier alpha value is -2.09. The highest BCUT2D eigenvalue weighted by Crippen LogP contribution is 2.28. The average molecular weight is 611 g/mol. The number of allylic oxidation sites excluding steroid dienone is 1. The summed E-state index contributed by atoms with van der Waals surface area (Å²) in [5, 5.41) is 9.61. The SMILES string of the molecule is CCC1=CC([N+]2=CC(F)CCCC2)C(C(=O)NC2CNCCC2N2CCC(C(=O)N3CC(S(C)(=O)=O)C3)CC2)C(N)N1. The zero-order valence-electron chi connectivity index (χ0n) is 25.0. The minimum absolute atomic E-state index is 0.0647. The van der Waals surface area contributed by atoms with Gasteiger partial charge in [0.2, 0.25) is 11.8 Å². The summed E-state index contributed by atoms with van der Waals surface area (Å²) in [6, 6.07) is -0.290. The number of hydrogen-bond acceptors (Lipinski definition) is 8. The number of nitrogens with one attached hydrogen (secondary N) is 3. The first-order valence-electron chi connectivity index (χ1n) is 15.8. The fourth-order valence-corrected chi connectivity index (χ4v) is 8.19. The third kappa shape index (κ3) is 7.00. The van der Waals surface area contributed by atoms with Crippen LogP contribution in [0.15, 0.2) is 11.8 Å². The Morgan fingerprint density at radius 3 is 2.60 bits per heavy atom. The van der Waals surface area contributed by atoms with Crippen LogP contribution in [-0.4, -0.2) is 129 Å². The van der Waals surface area contributed by atoms with Crippen molar-refractivity contribution in [2.75, 3.05) is 52.1 Å². The van der Waals surface area contributed by atoms with Crippen molar-refractivity contribution < 1.29 is 27.0 Å². The van der Waals surface area contributed by atoms with Gasteiger partial charge in [0, 0.05) is 56.0 Å². The largest absolute Gasteiger partial charge is 0.372 e. The minimum Gasteiger partial charge on any atom is -0.372 e. The summed E-state index contributed by atoms with van der Waals surface area (Å²) >= 11 is 0. The number of sulfone groups is 1. The molecule has 3 saturated heterocycles. The predicted octanol–water partition coefficient (Wildman–Crippen LogP) is -0.427. The Morgan fingerprint density at radius 1 is 1.17 bits per heavy atom. The first-order chi connectivity index (χ1) is 20.0. The van der Waals surface area contributed by atoms with Gasteiger partial charge in [-0.15, -0.1) is 0 Å². The molecular weight excluding hydrogens is 561 g/mol. The minimum atomic E-state index is -3.11. The summed E-state index contributed by atoms with van der Waals surface area (Å²) in [5.41, 5.74) is 7.55. The lowest BCUT2D eigenvalue weighted by atomic mass is 9.88. The van der Waals surface area contributed by atoms with Gasteiger partial charge >= 0.3 is 0 Å². The molecule has 2 amide bonds. The van der Waals surface area contributed by atoms with E-state index >= 15 is 0 Å². The fraction of sp³-hybridized carbons (Fsp3) is 0.828. The van der Waals surface area contributed by atoms with Gasteiger partial charge < -0.3 is 26.6 Å². The second-order valence-electron chi connectivity index (χ2n) is 12.8. The molecule has 42 heavy (non-hydrogen) atoms. The molecule has 5 heterocycles. The Bertz CT molecular complexity index is 1170. The Balaban J connectivity index is 1.22. The highest BCUT2D eigenvalue weighted by Gasteiger charge is 2.45. The summed E-state index contributed by atoms with van der Waals surface area (Å²) in [6.45, 7) is 6.35. The lowest BCUT2D eigenvalue weighted by Crippen LogP contribution is -2.65. The number of amides is 2. The average Bonchev–Trinajstić information content (AvgIpc) is 3.15. The molecule has 5 rings (SSSR count). The number of carbonyl (C=O) groups is 2. The van der Waals surface area contributed by atoms with E-state index < -0.39 is 33.3 Å². The van der Waals surface area contributed by atoms with E-state index in [4.69, 9.17) is 5.73 Å². The van der Waals surface area contributed by atoms with Crippen molar-refractivity contribution in [3.63, 3.8) is 0 Å². The lowest BCUT2D eigenvalue weighted by Gasteiger charge is -2.45. The number of nitrogens with zero attached hydrogens (tertiary/aromatic N) is 3. The van der Waals surface area contributed by atoms with Gasteiger partial charge in [0.25, 0.3) is 0 Å². The molecule has 0 spiro atoms. The van der Waals surface area contributed by atoms with Crippen LogP contribution in [0.5, 0.6) is 0 Å². The molecule has 0 aromatic carbocycles. The smallest absolute Gasteiger partial charge is 0.234 e. The van der Waals surface area contributed by atoms with Gasteiger partial charge in [0.15, 0.2) is 28.3 Å². The van der Waals surface area contributed by atoms with Crippen LogP contribution < -0.4 is 21.7 Å². The number of carbonyl (C=O) groups excluding carboxylic acids is 2. The number of alkyl halides is 1. The van der Waals surface area contributed by atoms with Crippen LogP contribution in [0.25, 0.3) is 0 Å². The number of likely N-dealkylation sites (tertiary alicyclic amines) is 2. The molecule has 3 fully saturated rings. The van der Waals surface area contributed by atoms with Crippen molar-refractivity contribution in [3.05, 3.63) is 11.8 Å². The molecule has 0 aliphatic carbocycles. The van der Waals surface area contributed by atoms with Gasteiger partial charge in [0.1, 0.15) is 12.5 Å². The van der Waals surface area contributed by atoms with Crippen LogP contribution in [0.1, 0.15) is 51.9 Å². The van der Waals surface area contributed by atoms with Crippen LogP contribution >= 0.6 is 0 Å². The molecule has 6 atom stereocenters. The van der Waals surface area contributed by atoms with Crippen molar-refractivity contribution in [1.82, 2.24) is 25.8 Å². The van der Waals surface area contributed by atoms with Crippen LogP contribution in [-0.2, 0) is 19.4 Å². The third-order valence-electron chi connectivity index (χ3n) is 9.93. The van der Waals surface area contributed by atoms with Crippen molar-refractivity contribution >= 4 is 27.9 Å². The van der Waals surface area contributed by atoms with Crippen LogP contribution in [0, 0.1) is 11.8 Å². The van der Waals surface area contributed by atoms with Crippen molar-refractivity contribution in [2.24, 2.45) is 17.6 Å². The van der Waals surface area contributed by atoms with Crippen LogP contribution in [0.2, 0.25) is 0 Å². The van der Waals surface area contributed by atoms with E-state index in [-0.39, 0.29) is 35.9 Å². The standard InChI is InChI=1S/C29H48FN7O4S/c1-3-21-14-25(36-11-5-4-6-20(30)16-36)26(27(31)33-21)28(38)34-23-15-32-10-7-24(23)35-12-8-19(9-13-35)29(39)37-17-22(18-37)42(2,40)41/h14,16,19-20,22-27,32-33H,3-13,15,17-18,31H2,1-2H3/p+1. The van der Waals surface area contributed by atoms with E-state index in [1.54, 1.807) is 11.1 Å². The molecule has 6 unspecified atom stereocenters. The van der Waals surface area contributed by atoms with Crippen molar-refractivity contribution in [1.29, 1.82) is 0 Å². The molecule has 5 N–H and O–H groups in total. The maximum atomic E-state index is 14.6. The summed E-state index contributed by atoms with van der Waals surface area (Å²) in [5.74, 6) is -0.719. The molecular formula is C29H49FN7O4S+. The molecule has 11 nitrogen and oxygen atoms in total. The molecule has 0 aromatic rings. The number of nitrogens with two attached hydrogens (primary N) is 1. The highest BCUT2D eigenvalue weighted by atomic mass is 32.2. The third-order valence-corrected chi connectivity index (χ3v) is 11.4. The van der Waals surface area contributed by atoms with E-state index in [2.05, 4.69) is 26.9 Å². The van der Waals surface area contributed by atoms with Crippen molar-refractivity contribution in [2.45, 2.75) is 87.6 Å². The number of halogens is 1. The normalized spacial score (nSPS) is 34.0. The lowest BCUT2D eigenvalue weighted by molar-refractivity contribution is -0.558. The van der Waals surface area contributed by atoms with E-state index in [1.165, 1.54) is 6.26 Å². The van der Waals surface area contributed by atoms with Crippen molar-refractivity contribution in [3.8, 4) is 0 Å². The maximum absolute atomic E-state index is 14.6. The van der Waals surface area contributed by atoms with E-state index in [1.807, 2.05) is 11.5 Å². The van der Waals surface area contributed by atoms with E-state index in [0.717, 1.165) is 63.9 Å². The number of piperidine rings is 2. The molecule has 236 valence electrons. The molecule has 5 aliphatic rings. The molecule has 0 radical (unpaired) electrons. The monoisotopic (exact) mass is 610 g/mol. The second-order valence-corrected chi connectivity index (χ2v) is 15.1. The summed E-state index contributed by atoms with van der Waals surface area (Å²) in [7, 11) is -3.11. The van der Waals surface area contributed by atoms with Gasteiger partial charge in [-0.2, -0.15) is 0 Å². The highest BCUT2D eigenvalue weighted by molar-refractivity contribution is 7.91. The Morgan fingerprint density at radius 2 is 1.90 bits per heavy atom. The van der Waals surface area contributed by atoms with Crippen LogP contribution in [0.3, 0.4) is 0 Å².